The zero-order valence-corrected chi connectivity index (χ0v) is 25.0. The van der Waals surface area contributed by atoms with Gasteiger partial charge in [-0.15, -0.1) is 17.8 Å². The van der Waals surface area contributed by atoms with E-state index < -0.39 is 35.9 Å². The third-order valence-electron chi connectivity index (χ3n) is 7.00. The number of nitrogens with zero attached hydrogens (tertiary/aromatic N) is 4. The Hall–Kier alpha value is -3.34. The number of alkyl halides is 3. The minimum atomic E-state index is -4.64. The Kier molecular flexibility index (Phi) is 8.96. The molecule has 1 saturated heterocycles. The summed E-state index contributed by atoms with van der Waals surface area (Å²) in [5.41, 5.74) is 0.335. The second-order valence-corrected chi connectivity index (χ2v) is 11.9. The van der Waals surface area contributed by atoms with Crippen LogP contribution in [0.15, 0.2) is 50.3 Å². The molecule has 8 nitrogen and oxygen atoms in total. The average Bonchev–Trinajstić information content (AvgIpc) is 3.64. The summed E-state index contributed by atoms with van der Waals surface area (Å²) >= 11 is 10.8. The second-order valence-electron chi connectivity index (χ2n) is 9.71. The van der Waals surface area contributed by atoms with Crippen LogP contribution in [0.25, 0.3) is 0 Å². The minimum absolute atomic E-state index is 0.0924. The van der Waals surface area contributed by atoms with Crippen LogP contribution in [0.3, 0.4) is 0 Å². The highest BCUT2D eigenvalue weighted by Crippen LogP contribution is 2.40. The van der Waals surface area contributed by atoms with Gasteiger partial charge in [-0.25, -0.2) is 4.98 Å². The fourth-order valence-electron chi connectivity index (χ4n) is 4.86. The summed E-state index contributed by atoms with van der Waals surface area (Å²) in [4.78, 5) is 37.2. The van der Waals surface area contributed by atoms with Crippen LogP contribution in [-0.4, -0.2) is 45.8 Å². The van der Waals surface area contributed by atoms with E-state index in [1.165, 1.54) is 11.3 Å². The fourth-order valence-corrected chi connectivity index (χ4v) is 6.62. The number of benzene rings is 1. The molecule has 1 aromatic carbocycles. The van der Waals surface area contributed by atoms with E-state index in [-0.39, 0.29) is 17.0 Å². The van der Waals surface area contributed by atoms with Crippen molar-refractivity contribution in [3.8, 4) is 18.1 Å². The number of aromatic nitrogens is 2. The van der Waals surface area contributed by atoms with Crippen molar-refractivity contribution in [3.05, 3.63) is 77.5 Å². The molecule has 0 spiro atoms. The van der Waals surface area contributed by atoms with E-state index in [0.29, 0.717) is 72.4 Å². The van der Waals surface area contributed by atoms with Gasteiger partial charge in [0, 0.05) is 37.0 Å². The van der Waals surface area contributed by atoms with Gasteiger partial charge in [-0.2, -0.15) is 13.2 Å². The molecule has 4 heterocycles. The molecule has 220 valence electrons. The number of rotatable bonds is 7. The average molecular weight is 684 g/mol. The molecule has 0 N–H and O–H groups in total. The topological polar surface area (TPSA) is 86.0 Å². The van der Waals surface area contributed by atoms with Gasteiger partial charge in [-0.1, -0.05) is 28.7 Å². The molecule has 1 atom stereocenters. The van der Waals surface area contributed by atoms with Gasteiger partial charge < -0.3 is 19.0 Å². The highest BCUT2D eigenvalue weighted by molar-refractivity contribution is 9.10. The van der Waals surface area contributed by atoms with Crippen LogP contribution in [0.1, 0.15) is 53.1 Å². The van der Waals surface area contributed by atoms with Crippen molar-refractivity contribution in [3.63, 3.8) is 0 Å². The summed E-state index contributed by atoms with van der Waals surface area (Å²) < 4.78 is 45.7. The van der Waals surface area contributed by atoms with Crippen molar-refractivity contribution in [2.75, 3.05) is 19.7 Å². The Morgan fingerprint density at radius 2 is 2.07 bits per heavy atom. The monoisotopic (exact) mass is 682 g/mol. The molecule has 42 heavy (non-hydrogen) atoms. The first kappa shape index (κ1) is 30.1. The molecule has 2 aliphatic heterocycles. The summed E-state index contributed by atoms with van der Waals surface area (Å²) in [5.74, 6) is 2.65. The maximum Gasteiger partial charge on any atom is 0.417 e. The molecular formula is C28H23BrClF3N4O4S. The van der Waals surface area contributed by atoms with Gasteiger partial charge in [0.15, 0.2) is 6.10 Å². The van der Waals surface area contributed by atoms with Gasteiger partial charge in [-0.3, -0.25) is 9.59 Å². The maximum atomic E-state index is 13.2. The number of hydrogen-bond acceptors (Lipinski definition) is 7. The van der Waals surface area contributed by atoms with E-state index in [9.17, 15) is 22.8 Å². The Balaban J connectivity index is 1.19. The Morgan fingerprint density at radius 3 is 2.79 bits per heavy atom. The van der Waals surface area contributed by atoms with Crippen LogP contribution in [-0.2, 0) is 22.4 Å². The van der Waals surface area contributed by atoms with E-state index in [4.69, 9.17) is 32.6 Å². The van der Waals surface area contributed by atoms with Crippen molar-refractivity contribution in [1.29, 1.82) is 0 Å². The Labute approximate surface area is 256 Å². The number of carbonyl (C=O) groups is 1. The summed E-state index contributed by atoms with van der Waals surface area (Å²) in [6, 6.07) is 6.00. The molecule has 2 aliphatic rings. The van der Waals surface area contributed by atoms with Crippen molar-refractivity contribution in [2.24, 2.45) is 5.16 Å². The Bertz CT molecular complexity index is 1630. The van der Waals surface area contributed by atoms with Crippen LogP contribution >= 0.6 is 38.9 Å². The lowest BCUT2D eigenvalue weighted by Gasteiger charge is -2.31. The van der Waals surface area contributed by atoms with Gasteiger partial charge in [-0.05, 0) is 47.0 Å². The molecular weight excluding hydrogens is 661 g/mol. The first-order chi connectivity index (χ1) is 20.0. The van der Waals surface area contributed by atoms with E-state index in [1.807, 2.05) is 5.38 Å². The predicted octanol–water partition coefficient (Wildman–Crippen LogP) is 6.02. The quantitative estimate of drug-likeness (QED) is 0.285. The third kappa shape index (κ3) is 6.50. The largest absolute Gasteiger partial charge is 0.480 e. The predicted molar refractivity (Wildman–Crippen MR) is 155 cm³/mol. The van der Waals surface area contributed by atoms with E-state index >= 15 is 0 Å². The second kappa shape index (κ2) is 12.5. The smallest absolute Gasteiger partial charge is 0.417 e. The molecule has 0 saturated carbocycles. The third-order valence-corrected chi connectivity index (χ3v) is 8.91. The molecule has 1 unspecified atom stereocenters. The lowest BCUT2D eigenvalue weighted by atomic mass is 9.97. The number of thiazole rings is 1. The first-order valence-electron chi connectivity index (χ1n) is 12.8. The molecule has 14 heteroatoms. The van der Waals surface area contributed by atoms with Crippen LogP contribution in [0, 0.1) is 12.3 Å². The summed E-state index contributed by atoms with van der Waals surface area (Å²) in [6.07, 6.45) is 2.60. The molecule has 0 aliphatic carbocycles. The van der Waals surface area contributed by atoms with Gasteiger partial charge in [0.1, 0.15) is 24.6 Å². The first-order valence-corrected chi connectivity index (χ1v) is 14.9. The summed E-state index contributed by atoms with van der Waals surface area (Å²) in [5, 5.41) is 7.54. The SMILES string of the molecule is C#CCOc1cccc(Cl)c1C1CC(c2csc(C3CCN(C(=O)Cn4cc(C(F)(F)F)cc(Br)c4=O)CC3)n2)=NO1. The normalized spacial score (nSPS) is 17.5. The van der Waals surface area contributed by atoms with Crippen molar-refractivity contribution in [1.82, 2.24) is 14.5 Å². The highest BCUT2D eigenvalue weighted by Gasteiger charge is 2.33. The summed E-state index contributed by atoms with van der Waals surface area (Å²) in [6.45, 7) is 0.406. The van der Waals surface area contributed by atoms with Crippen LogP contribution in [0.2, 0.25) is 5.02 Å². The van der Waals surface area contributed by atoms with Gasteiger partial charge in [0.2, 0.25) is 5.91 Å². The minimum Gasteiger partial charge on any atom is -0.480 e. The molecule has 5 rings (SSSR count). The van der Waals surface area contributed by atoms with E-state index in [2.05, 4.69) is 27.0 Å². The molecule has 0 radical (unpaired) electrons. The number of hydrogen-bond donors (Lipinski definition) is 0. The molecule has 1 fully saturated rings. The lowest BCUT2D eigenvalue weighted by molar-refractivity contribution is -0.139. The van der Waals surface area contributed by atoms with E-state index in [0.717, 1.165) is 9.57 Å². The number of amides is 1. The number of terminal acetylenes is 1. The van der Waals surface area contributed by atoms with Crippen molar-refractivity contribution < 1.29 is 27.5 Å². The molecule has 2 aromatic heterocycles. The van der Waals surface area contributed by atoms with Gasteiger partial charge >= 0.3 is 6.18 Å². The van der Waals surface area contributed by atoms with Gasteiger partial charge in [0.25, 0.3) is 5.56 Å². The molecule has 1 amide bonds. The van der Waals surface area contributed by atoms with Crippen molar-refractivity contribution >= 4 is 50.5 Å². The zero-order chi connectivity index (χ0) is 30.0. The lowest BCUT2D eigenvalue weighted by Crippen LogP contribution is -2.41. The fraction of sp³-hybridized carbons (Fsp3) is 0.357. The standard InChI is InChI=1S/C28H23BrClF3N4O4S/c1-2-10-40-22-5-3-4-19(30)25(22)23-12-20(35-41-23)21-15-42-26(34-21)16-6-8-36(9-7-16)24(38)14-37-13-17(28(31,32)33)11-18(29)27(37)39/h1,3-5,11,13,15-16,23H,6-10,12,14H2. The van der Waals surface area contributed by atoms with Crippen molar-refractivity contribution in [2.45, 2.75) is 44.0 Å². The number of pyridine rings is 1. The zero-order valence-electron chi connectivity index (χ0n) is 21.9. The molecule has 3 aromatic rings. The number of oxime groups is 1. The number of ether oxygens (including phenoxy) is 1. The van der Waals surface area contributed by atoms with Crippen LogP contribution in [0.5, 0.6) is 5.75 Å². The number of carbonyl (C=O) groups excluding carboxylic acids is 1. The van der Waals surface area contributed by atoms with Crippen LogP contribution in [0.4, 0.5) is 13.2 Å². The Morgan fingerprint density at radius 1 is 1.31 bits per heavy atom. The molecule has 0 bridgehead atoms. The maximum absolute atomic E-state index is 13.2. The number of halogens is 5. The summed E-state index contributed by atoms with van der Waals surface area (Å²) in [7, 11) is 0. The highest BCUT2D eigenvalue weighted by atomic mass is 79.9. The number of piperidine rings is 1. The van der Waals surface area contributed by atoms with Crippen LogP contribution < -0.4 is 10.3 Å². The van der Waals surface area contributed by atoms with E-state index in [1.54, 1.807) is 23.1 Å². The van der Waals surface area contributed by atoms with Gasteiger partial charge in [0.05, 0.1) is 31.3 Å². The number of likely N-dealkylation sites (tertiary alicyclic amines) is 1.